The second kappa shape index (κ2) is 8.37. The van der Waals surface area contributed by atoms with E-state index < -0.39 is 0 Å². The maximum atomic E-state index is 3.43. The molecule has 3 nitrogen and oxygen atoms in total. The quantitative estimate of drug-likeness (QED) is 0.764. The van der Waals surface area contributed by atoms with Crippen molar-refractivity contribution in [2.75, 3.05) is 26.2 Å². The molecule has 2 aromatic rings. The van der Waals surface area contributed by atoms with Crippen LogP contribution in [0.3, 0.4) is 0 Å². The van der Waals surface area contributed by atoms with Crippen LogP contribution in [0.2, 0.25) is 0 Å². The molecule has 4 rings (SSSR count). The minimum Gasteiger partial charge on any atom is -0.314 e. The molecule has 1 saturated carbocycles. The van der Waals surface area contributed by atoms with Gasteiger partial charge in [-0.1, -0.05) is 42.5 Å². The summed E-state index contributed by atoms with van der Waals surface area (Å²) in [5.41, 5.74) is 2.83. The Morgan fingerprint density at radius 3 is 2.48 bits per heavy atom. The van der Waals surface area contributed by atoms with Gasteiger partial charge >= 0.3 is 0 Å². The molecule has 0 atom stereocenters. The molecule has 132 valence electrons. The molecule has 1 aliphatic carbocycles. The van der Waals surface area contributed by atoms with Crippen LogP contribution in [0.5, 0.6) is 0 Å². The minimum absolute atomic E-state index is 0.738. The molecule has 2 aliphatic rings. The molecule has 2 fully saturated rings. The van der Waals surface area contributed by atoms with Gasteiger partial charge in [-0.15, -0.1) is 0 Å². The molecule has 0 amide bonds. The number of benzene rings is 2. The molecule has 1 aliphatic heterocycles. The van der Waals surface area contributed by atoms with Crippen molar-refractivity contribution in [1.29, 1.82) is 0 Å². The fourth-order valence-corrected chi connectivity index (χ4v) is 4.51. The first kappa shape index (κ1) is 17.1. The summed E-state index contributed by atoms with van der Waals surface area (Å²) in [5, 5.41) is 3.43. The standard InChI is InChI=1S/C21H27N3S/c1-2-5-18(6-3-1)17-24(20-9-10-20)25-21-8-4-7-19(15-21)16-23-13-11-22-12-14-23/h1-8,15,20,22H,9-14,16-17H2. The van der Waals surface area contributed by atoms with Crippen molar-refractivity contribution < 1.29 is 0 Å². The second-order valence-corrected chi connectivity index (χ2v) is 8.18. The summed E-state index contributed by atoms with van der Waals surface area (Å²) in [7, 11) is 0. The summed E-state index contributed by atoms with van der Waals surface area (Å²) in [5.74, 6) is 0. The van der Waals surface area contributed by atoms with E-state index in [9.17, 15) is 0 Å². The maximum Gasteiger partial charge on any atom is 0.0347 e. The van der Waals surface area contributed by atoms with Gasteiger partial charge in [0.2, 0.25) is 0 Å². The molecule has 25 heavy (non-hydrogen) atoms. The Bertz CT molecular complexity index is 666. The van der Waals surface area contributed by atoms with Gasteiger partial charge in [0.1, 0.15) is 0 Å². The summed E-state index contributed by atoms with van der Waals surface area (Å²) in [6.45, 7) is 6.62. The van der Waals surface area contributed by atoms with E-state index in [2.05, 4.69) is 69.1 Å². The number of hydrogen-bond donors (Lipinski definition) is 1. The molecule has 1 heterocycles. The van der Waals surface area contributed by atoms with Crippen LogP contribution in [-0.4, -0.2) is 41.4 Å². The van der Waals surface area contributed by atoms with Crippen molar-refractivity contribution in [3.63, 3.8) is 0 Å². The normalized spacial score (nSPS) is 18.6. The lowest BCUT2D eigenvalue weighted by Gasteiger charge is -2.27. The highest BCUT2D eigenvalue weighted by Gasteiger charge is 2.30. The van der Waals surface area contributed by atoms with Gasteiger partial charge in [0, 0.05) is 50.2 Å². The summed E-state index contributed by atoms with van der Waals surface area (Å²) in [4.78, 5) is 3.92. The number of nitrogens with one attached hydrogen (secondary N) is 1. The number of piperazine rings is 1. The lowest BCUT2D eigenvalue weighted by Crippen LogP contribution is -2.42. The SMILES string of the molecule is c1ccc(CN(Sc2cccc(CN3CCNCC3)c2)C2CC2)cc1. The van der Waals surface area contributed by atoms with E-state index in [1.54, 1.807) is 0 Å². The average Bonchev–Trinajstić information content (AvgIpc) is 3.48. The third kappa shape index (κ3) is 5.08. The summed E-state index contributed by atoms with van der Waals surface area (Å²) in [6, 6.07) is 20.7. The fraction of sp³-hybridized carbons (Fsp3) is 0.429. The van der Waals surface area contributed by atoms with E-state index in [0.717, 1.165) is 45.3 Å². The van der Waals surface area contributed by atoms with Crippen LogP contribution in [0.1, 0.15) is 24.0 Å². The number of rotatable bonds is 7. The van der Waals surface area contributed by atoms with E-state index in [-0.39, 0.29) is 0 Å². The zero-order valence-electron chi connectivity index (χ0n) is 14.7. The van der Waals surface area contributed by atoms with Crippen LogP contribution in [0.25, 0.3) is 0 Å². The van der Waals surface area contributed by atoms with Crippen LogP contribution >= 0.6 is 11.9 Å². The predicted molar refractivity (Wildman–Crippen MR) is 105 cm³/mol. The van der Waals surface area contributed by atoms with Gasteiger partial charge in [0.25, 0.3) is 0 Å². The Balaban J connectivity index is 1.40. The molecule has 0 spiro atoms. The Labute approximate surface area is 155 Å². The largest absolute Gasteiger partial charge is 0.314 e. The van der Waals surface area contributed by atoms with Crippen LogP contribution in [0, 0.1) is 0 Å². The lowest BCUT2D eigenvalue weighted by atomic mass is 10.2. The predicted octanol–water partition coefficient (Wildman–Crippen LogP) is 3.76. The molecule has 4 heteroatoms. The van der Waals surface area contributed by atoms with Crippen LogP contribution in [-0.2, 0) is 13.1 Å². The lowest BCUT2D eigenvalue weighted by molar-refractivity contribution is 0.233. The average molecular weight is 354 g/mol. The molecule has 0 aromatic heterocycles. The van der Waals surface area contributed by atoms with Gasteiger partial charge in [-0.3, -0.25) is 4.90 Å². The highest BCUT2D eigenvalue weighted by atomic mass is 32.2. The minimum atomic E-state index is 0.738. The Hall–Kier alpha value is -1.33. The monoisotopic (exact) mass is 353 g/mol. The number of hydrogen-bond acceptors (Lipinski definition) is 4. The molecular formula is C21H27N3S. The van der Waals surface area contributed by atoms with Gasteiger partial charge in [-0.25, -0.2) is 4.31 Å². The summed E-state index contributed by atoms with van der Waals surface area (Å²) >= 11 is 1.93. The molecule has 1 N–H and O–H groups in total. The molecule has 1 saturated heterocycles. The van der Waals surface area contributed by atoms with Gasteiger partial charge < -0.3 is 5.32 Å². The van der Waals surface area contributed by atoms with Crippen LogP contribution < -0.4 is 5.32 Å². The third-order valence-corrected chi connectivity index (χ3v) is 6.00. The van der Waals surface area contributed by atoms with E-state index >= 15 is 0 Å². The van der Waals surface area contributed by atoms with Crippen molar-refractivity contribution in [3.05, 3.63) is 65.7 Å². The van der Waals surface area contributed by atoms with Gasteiger partial charge in [0.05, 0.1) is 0 Å². The van der Waals surface area contributed by atoms with Crippen LogP contribution in [0.15, 0.2) is 59.5 Å². The Morgan fingerprint density at radius 1 is 0.960 bits per heavy atom. The van der Waals surface area contributed by atoms with Gasteiger partial charge in [-0.05, 0) is 48.0 Å². The van der Waals surface area contributed by atoms with Crippen LogP contribution in [0.4, 0.5) is 0 Å². The Kier molecular flexibility index (Phi) is 5.72. The first-order chi connectivity index (χ1) is 12.4. The highest BCUT2D eigenvalue weighted by Crippen LogP contribution is 2.37. The zero-order chi connectivity index (χ0) is 16.9. The van der Waals surface area contributed by atoms with Gasteiger partial charge in [0.15, 0.2) is 0 Å². The summed E-state index contributed by atoms with van der Waals surface area (Å²) in [6.07, 6.45) is 2.67. The van der Waals surface area contributed by atoms with Crippen molar-refractivity contribution >= 4 is 11.9 Å². The van der Waals surface area contributed by atoms with E-state index in [0.29, 0.717) is 0 Å². The molecule has 2 aromatic carbocycles. The topological polar surface area (TPSA) is 18.5 Å². The van der Waals surface area contributed by atoms with Crippen molar-refractivity contribution in [2.45, 2.75) is 36.9 Å². The molecule has 0 bridgehead atoms. The van der Waals surface area contributed by atoms with Crippen molar-refractivity contribution in [2.24, 2.45) is 0 Å². The first-order valence-corrected chi connectivity index (χ1v) is 10.1. The highest BCUT2D eigenvalue weighted by molar-refractivity contribution is 7.97. The molecular weight excluding hydrogens is 326 g/mol. The fourth-order valence-electron chi connectivity index (χ4n) is 3.33. The second-order valence-electron chi connectivity index (χ2n) is 7.06. The van der Waals surface area contributed by atoms with E-state index in [4.69, 9.17) is 0 Å². The number of nitrogens with zero attached hydrogens (tertiary/aromatic N) is 2. The first-order valence-electron chi connectivity index (χ1n) is 9.37. The van der Waals surface area contributed by atoms with Gasteiger partial charge in [-0.2, -0.15) is 0 Å². The molecule has 0 radical (unpaired) electrons. The van der Waals surface area contributed by atoms with E-state index in [1.165, 1.54) is 28.9 Å². The maximum absolute atomic E-state index is 3.43. The van der Waals surface area contributed by atoms with E-state index in [1.807, 2.05) is 11.9 Å². The Morgan fingerprint density at radius 2 is 1.72 bits per heavy atom. The smallest absolute Gasteiger partial charge is 0.0347 e. The third-order valence-electron chi connectivity index (χ3n) is 4.87. The summed E-state index contributed by atoms with van der Waals surface area (Å²) < 4.78 is 2.57. The zero-order valence-corrected chi connectivity index (χ0v) is 15.5. The molecule has 0 unspecified atom stereocenters. The van der Waals surface area contributed by atoms with Crippen molar-refractivity contribution in [3.8, 4) is 0 Å². The van der Waals surface area contributed by atoms with Crippen molar-refractivity contribution in [1.82, 2.24) is 14.5 Å².